The van der Waals surface area contributed by atoms with Crippen LogP contribution in [0.5, 0.6) is 0 Å². The third-order valence-corrected chi connectivity index (χ3v) is 4.24. The lowest BCUT2D eigenvalue weighted by Crippen LogP contribution is -2.45. The zero-order chi connectivity index (χ0) is 12.7. The van der Waals surface area contributed by atoms with E-state index in [-0.39, 0.29) is 0 Å². The largest absolute Gasteiger partial charge is 0.319 e. The van der Waals surface area contributed by atoms with Gasteiger partial charge in [0.25, 0.3) is 0 Å². The molecule has 2 heteroatoms. The molecular weight excluding hydrogens is 208 g/mol. The molecular formula is C15H32N2. The van der Waals surface area contributed by atoms with E-state index in [1.54, 1.807) is 0 Å². The highest BCUT2D eigenvalue weighted by Gasteiger charge is 2.28. The number of likely N-dealkylation sites (tertiary alicyclic amines) is 1. The van der Waals surface area contributed by atoms with E-state index in [0.29, 0.717) is 5.41 Å². The standard InChI is InChI=1S/C15H32N2/c1-5-9-15(3,12-16-4)13-17-10-7-8-14(6-2)11-17/h14,16H,5-13H2,1-4H3. The number of piperidine rings is 1. The van der Waals surface area contributed by atoms with Crippen LogP contribution in [0.4, 0.5) is 0 Å². The van der Waals surface area contributed by atoms with Gasteiger partial charge in [-0.2, -0.15) is 0 Å². The molecule has 2 unspecified atom stereocenters. The first-order valence-corrected chi connectivity index (χ1v) is 7.50. The molecule has 0 radical (unpaired) electrons. The molecule has 0 spiro atoms. The topological polar surface area (TPSA) is 15.3 Å². The second kappa shape index (κ2) is 7.38. The normalized spacial score (nSPS) is 25.8. The monoisotopic (exact) mass is 240 g/mol. The lowest BCUT2D eigenvalue weighted by molar-refractivity contribution is 0.104. The van der Waals surface area contributed by atoms with Crippen LogP contribution in [-0.4, -0.2) is 38.1 Å². The van der Waals surface area contributed by atoms with Crippen LogP contribution in [0.25, 0.3) is 0 Å². The van der Waals surface area contributed by atoms with Crippen molar-refractivity contribution in [2.75, 3.05) is 33.2 Å². The Morgan fingerprint density at radius 1 is 1.35 bits per heavy atom. The molecule has 1 heterocycles. The minimum atomic E-state index is 0.457. The summed E-state index contributed by atoms with van der Waals surface area (Å²) in [6, 6.07) is 0. The zero-order valence-electron chi connectivity index (χ0n) is 12.4. The molecule has 0 saturated carbocycles. The lowest BCUT2D eigenvalue weighted by Gasteiger charge is -2.39. The van der Waals surface area contributed by atoms with E-state index in [2.05, 4.69) is 38.0 Å². The fourth-order valence-corrected chi connectivity index (χ4v) is 3.42. The average Bonchev–Trinajstić information content (AvgIpc) is 2.29. The fourth-order valence-electron chi connectivity index (χ4n) is 3.42. The molecule has 0 aromatic rings. The molecule has 1 N–H and O–H groups in total. The molecule has 1 aliphatic heterocycles. The van der Waals surface area contributed by atoms with Crippen LogP contribution >= 0.6 is 0 Å². The van der Waals surface area contributed by atoms with Gasteiger partial charge < -0.3 is 10.2 Å². The molecule has 17 heavy (non-hydrogen) atoms. The van der Waals surface area contributed by atoms with Crippen molar-refractivity contribution in [3.05, 3.63) is 0 Å². The van der Waals surface area contributed by atoms with Gasteiger partial charge in [-0.1, -0.05) is 33.6 Å². The van der Waals surface area contributed by atoms with Crippen molar-refractivity contribution in [2.45, 2.75) is 52.9 Å². The maximum atomic E-state index is 3.38. The minimum Gasteiger partial charge on any atom is -0.319 e. The quantitative estimate of drug-likeness (QED) is 0.735. The molecule has 0 amide bonds. The Labute approximate surface area is 108 Å². The molecule has 2 atom stereocenters. The highest BCUT2D eigenvalue weighted by Crippen LogP contribution is 2.27. The Balaban J connectivity index is 2.48. The summed E-state index contributed by atoms with van der Waals surface area (Å²) in [5, 5.41) is 3.38. The number of nitrogens with zero attached hydrogens (tertiary/aromatic N) is 1. The van der Waals surface area contributed by atoms with Gasteiger partial charge in [0.2, 0.25) is 0 Å². The highest BCUT2D eigenvalue weighted by atomic mass is 15.1. The molecule has 1 saturated heterocycles. The predicted octanol–water partition coefficient (Wildman–Crippen LogP) is 3.13. The van der Waals surface area contributed by atoms with Crippen molar-refractivity contribution < 1.29 is 0 Å². The van der Waals surface area contributed by atoms with Crippen molar-refractivity contribution in [3.8, 4) is 0 Å². The van der Waals surface area contributed by atoms with Crippen LogP contribution < -0.4 is 5.32 Å². The maximum absolute atomic E-state index is 3.38. The predicted molar refractivity (Wildman–Crippen MR) is 76.4 cm³/mol. The van der Waals surface area contributed by atoms with Gasteiger partial charge in [0.15, 0.2) is 0 Å². The number of hydrogen-bond acceptors (Lipinski definition) is 2. The smallest absolute Gasteiger partial charge is 0.00476 e. The number of hydrogen-bond donors (Lipinski definition) is 1. The second-order valence-corrected chi connectivity index (χ2v) is 6.24. The van der Waals surface area contributed by atoms with E-state index in [1.807, 2.05) is 0 Å². The summed E-state index contributed by atoms with van der Waals surface area (Å²) in [6.07, 6.45) is 6.83. The average molecular weight is 240 g/mol. The summed E-state index contributed by atoms with van der Waals surface area (Å²) < 4.78 is 0. The second-order valence-electron chi connectivity index (χ2n) is 6.24. The first kappa shape index (κ1) is 15.0. The van der Waals surface area contributed by atoms with Crippen LogP contribution in [0.3, 0.4) is 0 Å². The summed E-state index contributed by atoms with van der Waals surface area (Å²) in [4.78, 5) is 2.71. The van der Waals surface area contributed by atoms with Gasteiger partial charge in [-0.15, -0.1) is 0 Å². The summed E-state index contributed by atoms with van der Waals surface area (Å²) in [6.45, 7) is 12.2. The first-order chi connectivity index (χ1) is 8.13. The summed E-state index contributed by atoms with van der Waals surface area (Å²) in [7, 11) is 2.08. The Bertz CT molecular complexity index is 197. The Kier molecular flexibility index (Phi) is 6.50. The minimum absolute atomic E-state index is 0.457. The molecule has 2 nitrogen and oxygen atoms in total. The van der Waals surface area contributed by atoms with Gasteiger partial charge in [-0.25, -0.2) is 0 Å². The van der Waals surface area contributed by atoms with Gasteiger partial charge in [0.1, 0.15) is 0 Å². The Hall–Kier alpha value is -0.0800. The van der Waals surface area contributed by atoms with E-state index < -0.39 is 0 Å². The summed E-state index contributed by atoms with van der Waals surface area (Å²) in [5.74, 6) is 0.948. The third kappa shape index (κ3) is 4.97. The summed E-state index contributed by atoms with van der Waals surface area (Å²) >= 11 is 0. The fraction of sp³-hybridized carbons (Fsp3) is 1.00. The SMILES string of the molecule is CCCC(C)(CNC)CN1CCCC(CC)C1. The van der Waals surface area contributed by atoms with Crippen molar-refractivity contribution in [1.82, 2.24) is 10.2 Å². The molecule has 0 bridgehead atoms. The maximum Gasteiger partial charge on any atom is 0.00476 e. The van der Waals surface area contributed by atoms with Crippen LogP contribution in [0.15, 0.2) is 0 Å². The van der Waals surface area contributed by atoms with Crippen molar-refractivity contribution >= 4 is 0 Å². The molecule has 0 aromatic carbocycles. The van der Waals surface area contributed by atoms with Gasteiger partial charge in [0.05, 0.1) is 0 Å². The molecule has 1 aliphatic rings. The summed E-state index contributed by atoms with van der Waals surface area (Å²) in [5.41, 5.74) is 0.457. The van der Waals surface area contributed by atoms with Crippen LogP contribution in [0.2, 0.25) is 0 Å². The van der Waals surface area contributed by atoms with Gasteiger partial charge >= 0.3 is 0 Å². The van der Waals surface area contributed by atoms with Gasteiger partial charge in [0, 0.05) is 19.6 Å². The van der Waals surface area contributed by atoms with Crippen LogP contribution in [0, 0.1) is 11.3 Å². The molecule has 0 aliphatic carbocycles. The van der Waals surface area contributed by atoms with E-state index in [0.717, 1.165) is 12.5 Å². The van der Waals surface area contributed by atoms with E-state index in [4.69, 9.17) is 0 Å². The lowest BCUT2D eigenvalue weighted by atomic mass is 9.83. The van der Waals surface area contributed by atoms with E-state index in [9.17, 15) is 0 Å². The van der Waals surface area contributed by atoms with Crippen LogP contribution in [0.1, 0.15) is 52.9 Å². The number of rotatable bonds is 7. The third-order valence-electron chi connectivity index (χ3n) is 4.24. The highest BCUT2D eigenvalue weighted by molar-refractivity contribution is 4.83. The van der Waals surface area contributed by atoms with Crippen molar-refractivity contribution in [2.24, 2.45) is 11.3 Å². The first-order valence-electron chi connectivity index (χ1n) is 7.50. The van der Waals surface area contributed by atoms with E-state index >= 15 is 0 Å². The Morgan fingerprint density at radius 3 is 2.71 bits per heavy atom. The zero-order valence-corrected chi connectivity index (χ0v) is 12.4. The Morgan fingerprint density at radius 2 is 2.12 bits per heavy atom. The van der Waals surface area contributed by atoms with Crippen molar-refractivity contribution in [1.29, 1.82) is 0 Å². The van der Waals surface area contributed by atoms with Gasteiger partial charge in [-0.3, -0.25) is 0 Å². The molecule has 1 fully saturated rings. The number of nitrogens with one attached hydrogen (secondary N) is 1. The molecule has 102 valence electrons. The molecule has 1 rings (SSSR count). The molecule has 0 aromatic heterocycles. The van der Waals surface area contributed by atoms with Crippen molar-refractivity contribution in [3.63, 3.8) is 0 Å². The van der Waals surface area contributed by atoms with Crippen LogP contribution in [-0.2, 0) is 0 Å². The van der Waals surface area contributed by atoms with E-state index in [1.165, 1.54) is 51.7 Å². The van der Waals surface area contributed by atoms with Gasteiger partial charge in [-0.05, 0) is 44.2 Å².